The second-order valence-corrected chi connectivity index (χ2v) is 6.73. The van der Waals surface area contributed by atoms with Crippen molar-refractivity contribution in [3.05, 3.63) is 58.9 Å². The fraction of sp³-hybridized carbons (Fsp3) is 0.167. The molecular formula is C18H17N3O2S2. The molecule has 2 heterocycles. The predicted molar refractivity (Wildman–Crippen MR) is 104 cm³/mol. The maximum atomic E-state index is 9.55. The van der Waals surface area contributed by atoms with Gasteiger partial charge in [-0.15, -0.1) is 11.8 Å². The second kappa shape index (κ2) is 7.35. The summed E-state index contributed by atoms with van der Waals surface area (Å²) in [6.07, 6.45) is 3.63. The molecule has 0 saturated carbocycles. The summed E-state index contributed by atoms with van der Waals surface area (Å²) in [6, 6.07) is 9.60. The predicted octanol–water partition coefficient (Wildman–Crippen LogP) is 3.22. The highest BCUT2D eigenvalue weighted by molar-refractivity contribution is 7.98. The van der Waals surface area contributed by atoms with E-state index in [0.717, 1.165) is 16.0 Å². The van der Waals surface area contributed by atoms with Gasteiger partial charge in [0.15, 0.2) is 5.58 Å². The van der Waals surface area contributed by atoms with Gasteiger partial charge in [-0.05, 0) is 37.4 Å². The number of aliphatic hydroxyl groups is 1. The van der Waals surface area contributed by atoms with Crippen LogP contribution in [0.25, 0.3) is 11.0 Å². The molecule has 1 aromatic carbocycles. The molecule has 25 heavy (non-hydrogen) atoms. The molecular weight excluding hydrogens is 354 g/mol. The maximum Gasteiger partial charge on any atom is 0.230 e. The van der Waals surface area contributed by atoms with Gasteiger partial charge in [0.05, 0.1) is 23.6 Å². The number of aliphatic hydroxyl groups excluding tert-OH is 1. The van der Waals surface area contributed by atoms with E-state index >= 15 is 0 Å². The standard InChI is InChI=1S/C18H17N3O2S2/c1-10-16-14(11(9-22)8-20-10)7-15(17(19)24)18(23-16)21-12-4-3-5-13(6-12)25-2/h3-8,22H,9H2,1-2H3,(H2,19,24). The minimum absolute atomic E-state index is 0.150. The molecule has 2 aromatic heterocycles. The molecule has 0 amide bonds. The molecule has 0 spiro atoms. The van der Waals surface area contributed by atoms with Crippen LogP contribution in [0.3, 0.4) is 0 Å². The average Bonchev–Trinajstić information content (AvgIpc) is 2.62. The van der Waals surface area contributed by atoms with Crippen LogP contribution in [0.2, 0.25) is 0 Å². The van der Waals surface area contributed by atoms with Crippen LogP contribution in [-0.4, -0.2) is 21.3 Å². The normalized spacial score (nSPS) is 11.9. The quantitative estimate of drug-likeness (QED) is 0.541. The Bertz CT molecular complexity index is 1030. The van der Waals surface area contributed by atoms with E-state index < -0.39 is 0 Å². The van der Waals surface area contributed by atoms with E-state index in [1.807, 2.05) is 37.4 Å². The van der Waals surface area contributed by atoms with E-state index in [0.29, 0.717) is 28.0 Å². The third-order valence-corrected chi connectivity index (χ3v) is 4.72. The van der Waals surface area contributed by atoms with Crippen molar-refractivity contribution in [3.8, 4) is 0 Å². The molecule has 0 saturated heterocycles. The number of fused-ring (bicyclic) bond motifs is 1. The van der Waals surface area contributed by atoms with E-state index in [2.05, 4.69) is 9.98 Å². The highest BCUT2D eigenvalue weighted by Gasteiger charge is 2.12. The molecule has 0 unspecified atom stereocenters. The molecule has 0 aliphatic rings. The fourth-order valence-electron chi connectivity index (χ4n) is 2.47. The minimum Gasteiger partial charge on any atom is -0.436 e. The van der Waals surface area contributed by atoms with E-state index in [1.165, 1.54) is 0 Å². The number of pyridine rings is 1. The first kappa shape index (κ1) is 17.6. The summed E-state index contributed by atoms with van der Waals surface area (Å²) in [4.78, 5) is 10.1. The summed E-state index contributed by atoms with van der Waals surface area (Å²) in [5.41, 5.74) is 9.39. The molecule has 3 rings (SSSR count). The monoisotopic (exact) mass is 371 g/mol. The van der Waals surface area contributed by atoms with Crippen molar-refractivity contribution in [3.63, 3.8) is 0 Å². The molecule has 7 heteroatoms. The summed E-state index contributed by atoms with van der Waals surface area (Å²) < 4.78 is 5.99. The van der Waals surface area contributed by atoms with Crippen molar-refractivity contribution < 1.29 is 9.52 Å². The van der Waals surface area contributed by atoms with Gasteiger partial charge >= 0.3 is 0 Å². The largest absolute Gasteiger partial charge is 0.436 e. The fourth-order valence-corrected chi connectivity index (χ4v) is 3.07. The van der Waals surface area contributed by atoms with Crippen molar-refractivity contribution in [2.75, 3.05) is 6.26 Å². The molecule has 0 radical (unpaired) electrons. The van der Waals surface area contributed by atoms with Crippen LogP contribution in [0, 0.1) is 6.92 Å². The smallest absolute Gasteiger partial charge is 0.230 e. The van der Waals surface area contributed by atoms with Crippen molar-refractivity contribution in [2.45, 2.75) is 18.4 Å². The number of hydrogen-bond donors (Lipinski definition) is 2. The van der Waals surface area contributed by atoms with Gasteiger partial charge in [0.2, 0.25) is 5.55 Å². The SMILES string of the molecule is CSc1cccc(N=c2oc3c(C)ncc(CO)c3cc2C(N)=S)c1. The van der Waals surface area contributed by atoms with Crippen molar-refractivity contribution in [1.82, 2.24) is 4.98 Å². The van der Waals surface area contributed by atoms with Gasteiger partial charge in [-0.1, -0.05) is 18.3 Å². The number of thioether (sulfide) groups is 1. The Balaban J connectivity index is 2.33. The topological polar surface area (TPSA) is 84.6 Å². The second-order valence-electron chi connectivity index (χ2n) is 5.41. The third-order valence-electron chi connectivity index (χ3n) is 3.77. The average molecular weight is 371 g/mol. The van der Waals surface area contributed by atoms with Gasteiger partial charge < -0.3 is 15.3 Å². The molecule has 0 aliphatic heterocycles. The van der Waals surface area contributed by atoms with Gasteiger partial charge in [-0.25, -0.2) is 4.99 Å². The maximum absolute atomic E-state index is 9.55. The third kappa shape index (κ3) is 3.58. The van der Waals surface area contributed by atoms with Gasteiger partial charge in [0, 0.05) is 22.0 Å². The zero-order valence-corrected chi connectivity index (χ0v) is 15.4. The van der Waals surface area contributed by atoms with E-state index in [-0.39, 0.29) is 11.6 Å². The number of rotatable bonds is 4. The lowest BCUT2D eigenvalue weighted by atomic mass is 10.1. The molecule has 128 valence electrons. The summed E-state index contributed by atoms with van der Waals surface area (Å²) in [7, 11) is 0. The van der Waals surface area contributed by atoms with Gasteiger partial charge in [0.25, 0.3) is 0 Å². The number of thiocarbonyl (C=S) groups is 1. The highest BCUT2D eigenvalue weighted by Crippen LogP contribution is 2.23. The number of nitrogens with two attached hydrogens (primary N) is 1. The Morgan fingerprint density at radius 1 is 1.40 bits per heavy atom. The van der Waals surface area contributed by atoms with Crippen LogP contribution in [0.4, 0.5) is 5.69 Å². The zero-order valence-electron chi connectivity index (χ0n) is 13.8. The van der Waals surface area contributed by atoms with Crippen molar-refractivity contribution >= 4 is 45.6 Å². The number of hydrogen-bond acceptors (Lipinski definition) is 6. The first-order chi connectivity index (χ1) is 12.0. The number of nitrogens with zero attached hydrogens (tertiary/aromatic N) is 2. The lowest BCUT2D eigenvalue weighted by molar-refractivity contribution is 0.282. The van der Waals surface area contributed by atoms with Crippen LogP contribution in [0.5, 0.6) is 0 Å². The van der Waals surface area contributed by atoms with Crippen LogP contribution in [0.1, 0.15) is 16.8 Å². The van der Waals surface area contributed by atoms with Gasteiger partial charge in [-0.3, -0.25) is 4.98 Å². The summed E-state index contributed by atoms with van der Waals surface area (Å²) in [5, 5.41) is 10.3. The Morgan fingerprint density at radius 3 is 2.88 bits per heavy atom. The van der Waals surface area contributed by atoms with E-state index in [4.69, 9.17) is 22.4 Å². The molecule has 0 fully saturated rings. The van der Waals surface area contributed by atoms with E-state index in [9.17, 15) is 5.11 Å². The lowest BCUT2D eigenvalue weighted by Gasteiger charge is -2.08. The number of aryl methyl sites for hydroxylation is 1. The molecule has 0 aliphatic carbocycles. The Hall–Kier alpha value is -2.22. The summed E-state index contributed by atoms with van der Waals surface area (Å²) in [6.45, 7) is 1.69. The lowest BCUT2D eigenvalue weighted by Crippen LogP contribution is -2.21. The van der Waals surface area contributed by atoms with Crippen LogP contribution in [0.15, 0.2) is 50.8 Å². The molecule has 0 atom stereocenters. The first-order valence-corrected chi connectivity index (χ1v) is 9.18. The first-order valence-electron chi connectivity index (χ1n) is 7.55. The molecule has 3 N–H and O–H groups in total. The summed E-state index contributed by atoms with van der Waals surface area (Å²) in [5.74, 6) is 0. The Morgan fingerprint density at radius 2 is 2.20 bits per heavy atom. The summed E-state index contributed by atoms with van der Waals surface area (Å²) >= 11 is 6.80. The minimum atomic E-state index is -0.150. The van der Waals surface area contributed by atoms with Crippen LogP contribution >= 0.6 is 24.0 Å². The molecule has 5 nitrogen and oxygen atoms in total. The number of benzene rings is 1. The molecule has 3 aromatic rings. The van der Waals surface area contributed by atoms with E-state index in [1.54, 1.807) is 24.0 Å². The van der Waals surface area contributed by atoms with Gasteiger partial charge in [-0.2, -0.15) is 0 Å². The number of aromatic nitrogens is 1. The molecule has 0 bridgehead atoms. The van der Waals surface area contributed by atoms with Crippen molar-refractivity contribution in [1.29, 1.82) is 0 Å². The van der Waals surface area contributed by atoms with Crippen LogP contribution in [-0.2, 0) is 6.61 Å². The Labute approximate surface area is 154 Å². The highest BCUT2D eigenvalue weighted by atomic mass is 32.2. The van der Waals surface area contributed by atoms with Crippen molar-refractivity contribution in [2.24, 2.45) is 10.7 Å². The zero-order chi connectivity index (χ0) is 18.0. The Kier molecular flexibility index (Phi) is 5.17. The van der Waals surface area contributed by atoms with Crippen LogP contribution < -0.4 is 11.3 Å². The van der Waals surface area contributed by atoms with Gasteiger partial charge in [0.1, 0.15) is 4.99 Å².